The van der Waals surface area contributed by atoms with E-state index in [1.54, 1.807) is 0 Å². The van der Waals surface area contributed by atoms with Gasteiger partial charge in [-0.3, -0.25) is 4.79 Å². The van der Waals surface area contributed by atoms with Gasteiger partial charge in [0.15, 0.2) is 11.6 Å². The molecule has 1 amide bonds. The van der Waals surface area contributed by atoms with Gasteiger partial charge in [0.25, 0.3) is 0 Å². The van der Waals surface area contributed by atoms with Gasteiger partial charge >= 0.3 is 0 Å². The van der Waals surface area contributed by atoms with Gasteiger partial charge in [0.2, 0.25) is 5.91 Å². The Hall–Kier alpha value is -1.49. The Morgan fingerprint density at radius 3 is 2.86 bits per heavy atom. The Morgan fingerprint density at radius 2 is 2.10 bits per heavy atom. The predicted molar refractivity (Wildman–Crippen MR) is 75.8 cm³/mol. The van der Waals surface area contributed by atoms with E-state index in [4.69, 9.17) is 0 Å². The van der Waals surface area contributed by atoms with Crippen molar-refractivity contribution in [3.05, 3.63) is 35.4 Å². The lowest BCUT2D eigenvalue weighted by atomic mass is 9.94. The smallest absolute Gasteiger partial charge is 0.220 e. The first-order chi connectivity index (χ1) is 10.1. The Bertz CT molecular complexity index is 541. The minimum atomic E-state index is -0.858. The molecule has 0 bridgehead atoms. The largest absolute Gasteiger partial charge is 0.353 e. The third-order valence-corrected chi connectivity index (χ3v) is 4.78. The molecule has 1 aliphatic heterocycles. The second-order valence-corrected chi connectivity index (χ2v) is 6.15. The number of benzene rings is 1. The number of carbonyl (C=O) groups excluding carboxylic acids is 1. The first-order valence-electron chi connectivity index (χ1n) is 7.54. The number of hydrogen-bond acceptors (Lipinski definition) is 2. The van der Waals surface area contributed by atoms with E-state index in [-0.39, 0.29) is 30.4 Å². The Balaban J connectivity index is 1.48. The molecule has 3 rings (SSSR count). The van der Waals surface area contributed by atoms with Crippen LogP contribution in [-0.4, -0.2) is 25.0 Å². The van der Waals surface area contributed by atoms with E-state index in [9.17, 15) is 13.6 Å². The summed E-state index contributed by atoms with van der Waals surface area (Å²) in [7, 11) is 0. The van der Waals surface area contributed by atoms with Crippen molar-refractivity contribution in [1.82, 2.24) is 10.6 Å². The summed E-state index contributed by atoms with van der Waals surface area (Å²) in [5.74, 6) is -1.77. The van der Waals surface area contributed by atoms with E-state index in [1.165, 1.54) is 12.1 Å². The topological polar surface area (TPSA) is 41.1 Å². The minimum Gasteiger partial charge on any atom is -0.353 e. The highest BCUT2D eigenvalue weighted by Crippen LogP contribution is 2.52. The van der Waals surface area contributed by atoms with Crippen LogP contribution in [0.1, 0.15) is 31.2 Å². The molecule has 0 aromatic heterocycles. The van der Waals surface area contributed by atoms with Crippen molar-refractivity contribution >= 4 is 5.91 Å². The molecule has 2 aliphatic rings. The normalized spacial score (nSPS) is 23.0. The number of halogens is 2. The van der Waals surface area contributed by atoms with Crippen LogP contribution in [0.3, 0.4) is 0 Å². The van der Waals surface area contributed by atoms with Crippen LogP contribution in [0.5, 0.6) is 0 Å². The molecule has 1 saturated heterocycles. The van der Waals surface area contributed by atoms with Crippen LogP contribution in [-0.2, 0) is 11.2 Å². The molecule has 21 heavy (non-hydrogen) atoms. The fourth-order valence-electron chi connectivity index (χ4n) is 3.29. The van der Waals surface area contributed by atoms with Crippen LogP contribution in [0.25, 0.3) is 0 Å². The van der Waals surface area contributed by atoms with E-state index in [1.807, 2.05) is 0 Å². The highest BCUT2D eigenvalue weighted by Gasteiger charge is 2.54. The predicted octanol–water partition coefficient (Wildman–Crippen LogP) is 2.16. The summed E-state index contributed by atoms with van der Waals surface area (Å²) in [4.78, 5) is 11.9. The SMILES string of the molecule is O=C(CCc1cccc(F)c1F)NC1CC12CCNCC2. The number of carbonyl (C=O) groups is 1. The highest BCUT2D eigenvalue weighted by atomic mass is 19.2. The summed E-state index contributed by atoms with van der Waals surface area (Å²) < 4.78 is 26.6. The van der Waals surface area contributed by atoms with Gasteiger partial charge in [-0.2, -0.15) is 0 Å². The first-order valence-corrected chi connectivity index (χ1v) is 7.54. The Morgan fingerprint density at radius 1 is 1.33 bits per heavy atom. The van der Waals surface area contributed by atoms with Gasteiger partial charge in [0.05, 0.1) is 0 Å². The summed E-state index contributed by atoms with van der Waals surface area (Å²) in [5, 5.41) is 6.36. The van der Waals surface area contributed by atoms with E-state index >= 15 is 0 Å². The fourth-order valence-corrected chi connectivity index (χ4v) is 3.29. The molecule has 2 fully saturated rings. The van der Waals surface area contributed by atoms with Gasteiger partial charge < -0.3 is 10.6 Å². The molecular formula is C16H20F2N2O. The molecule has 0 radical (unpaired) electrons. The zero-order valence-corrected chi connectivity index (χ0v) is 11.9. The Labute approximate surface area is 123 Å². The van der Waals surface area contributed by atoms with Crippen molar-refractivity contribution < 1.29 is 13.6 Å². The average molecular weight is 294 g/mol. The van der Waals surface area contributed by atoms with E-state index in [0.29, 0.717) is 5.41 Å². The molecule has 1 aromatic rings. The van der Waals surface area contributed by atoms with Crippen LogP contribution in [0.15, 0.2) is 18.2 Å². The number of hydrogen-bond donors (Lipinski definition) is 2. The molecule has 1 aliphatic carbocycles. The minimum absolute atomic E-state index is 0.0703. The van der Waals surface area contributed by atoms with Gasteiger partial charge in [0, 0.05) is 12.5 Å². The van der Waals surface area contributed by atoms with Crippen LogP contribution >= 0.6 is 0 Å². The average Bonchev–Trinajstić information content (AvgIpc) is 3.12. The summed E-state index contributed by atoms with van der Waals surface area (Å²) in [6, 6.07) is 4.35. The van der Waals surface area contributed by atoms with Crippen molar-refractivity contribution in [3.63, 3.8) is 0 Å². The van der Waals surface area contributed by atoms with Gasteiger partial charge in [-0.05, 0) is 55.8 Å². The quantitative estimate of drug-likeness (QED) is 0.893. The summed E-state index contributed by atoms with van der Waals surface area (Å²) in [6.45, 7) is 2.03. The zero-order valence-electron chi connectivity index (χ0n) is 11.9. The molecule has 1 unspecified atom stereocenters. The molecular weight excluding hydrogens is 274 g/mol. The molecule has 2 N–H and O–H groups in total. The summed E-state index contributed by atoms with van der Waals surface area (Å²) in [5.41, 5.74) is 0.558. The number of nitrogens with one attached hydrogen (secondary N) is 2. The fraction of sp³-hybridized carbons (Fsp3) is 0.562. The van der Waals surface area contributed by atoms with Gasteiger partial charge in [-0.1, -0.05) is 12.1 Å². The zero-order chi connectivity index (χ0) is 14.9. The van der Waals surface area contributed by atoms with Crippen molar-refractivity contribution in [2.75, 3.05) is 13.1 Å². The number of amides is 1. The molecule has 1 saturated carbocycles. The van der Waals surface area contributed by atoms with Crippen LogP contribution in [0, 0.1) is 17.0 Å². The lowest BCUT2D eigenvalue weighted by molar-refractivity contribution is -0.121. The van der Waals surface area contributed by atoms with Gasteiger partial charge in [-0.25, -0.2) is 8.78 Å². The van der Waals surface area contributed by atoms with Crippen LogP contribution < -0.4 is 10.6 Å². The highest BCUT2D eigenvalue weighted by molar-refractivity contribution is 5.77. The van der Waals surface area contributed by atoms with E-state index < -0.39 is 11.6 Å². The maximum Gasteiger partial charge on any atom is 0.220 e. The van der Waals surface area contributed by atoms with Gasteiger partial charge in [0.1, 0.15) is 0 Å². The van der Waals surface area contributed by atoms with Crippen molar-refractivity contribution in [3.8, 4) is 0 Å². The van der Waals surface area contributed by atoms with E-state index in [2.05, 4.69) is 10.6 Å². The monoisotopic (exact) mass is 294 g/mol. The van der Waals surface area contributed by atoms with Crippen molar-refractivity contribution in [2.45, 2.75) is 38.1 Å². The first kappa shape index (κ1) is 14.4. The third kappa shape index (κ3) is 3.07. The summed E-state index contributed by atoms with van der Waals surface area (Å²) in [6.07, 6.45) is 3.70. The van der Waals surface area contributed by atoms with E-state index in [0.717, 1.165) is 38.4 Å². The third-order valence-electron chi connectivity index (χ3n) is 4.78. The molecule has 114 valence electrons. The van der Waals surface area contributed by atoms with Crippen LogP contribution in [0.4, 0.5) is 8.78 Å². The molecule has 1 spiro atoms. The molecule has 1 aromatic carbocycles. The molecule has 1 atom stereocenters. The lowest BCUT2D eigenvalue weighted by Gasteiger charge is -2.23. The number of aryl methyl sites for hydroxylation is 1. The molecule has 1 heterocycles. The van der Waals surface area contributed by atoms with Crippen LogP contribution in [0.2, 0.25) is 0 Å². The number of piperidine rings is 1. The van der Waals surface area contributed by atoms with Gasteiger partial charge in [-0.15, -0.1) is 0 Å². The Kier molecular flexibility index (Phi) is 3.93. The maximum absolute atomic E-state index is 13.5. The van der Waals surface area contributed by atoms with Crippen molar-refractivity contribution in [1.29, 1.82) is 0 Å². The standard InChI is InChI=1S/C16H20F2N2O/c17-12-3-1-2-11(15(12)18)4-5-14(21)20-13-10-16(13)6-8-19-9-7-16/h1-3,13,19H,4-10H2,(H,20,21). The second-order valence-electron chi connectivity index (χ2n) is 6.15. The second kappa shape index (κ2) is 5.72. The lowest BCUT2D eigenvalue weighted by Crippen LogP contribution is -2.36. The molecule has 3 nitrogen and oxygen atoms in total. The summed E-state index contributed by atoms with van der Waals surface area (Å²) >= 11 is 0. The van der Waals surface area contributed by atoms with Crippen molar-refractivity contribution in [2.24, 2.45) is 5.41 Å². The maximum atomic E-state index is 13.5. The number of rotatable bonds is 4. The molecule has 5 heteroatoms.